The summed E-state index contributed by atoms with van der Waals surface area (Å²) in [6.45, 7) is 7.07. The van der Waals surface area contributed by atoms with E-state index in [1.54, 1.807) is 0 Å². The predicted molar refractivity (Wildman–Crippen MR) is 90.3 cm³/mol. The minimum Gasteiger partial charge on any atom is -0.361 e. The van der Waals surface area contributed by atoms with Gasteiger partial charge in [-0.2, -0.15) is 0 Å². The van der Waals surface area contributed by atoms with E-state index < -0.39 is 0 Å². The van der Waals surface area contributed by atoms with Crippen LogP contribution in [0.15, 0.2) is 28.9 Å². The largest absolute Gasteiger partial charge is 0.361 e. The number of H-pyrrole nitrogens is 1. The summed E-state index contributed by atoms with van der Waals surface area (Å²) in [6.07, 6.45) is 3.45. The second-order valence-corrected chi connectivity index (χ2v) is 7.41. The molecule has 2 aromatic rings. The number of hydrogen-bond acceptors (Lipinski definition) is 2. The standard InChI is InChI=1S/C17H22BrN3/c1-2-17-15-8-19-6-11(15)9-21(17)10-12-7-20-16-4-3-13(18)5-14(12)16/h3-5,7,11,15,17,19-20H,2,6,8-10H2,1H3. The zero-order valence-corrected chi connectivity index (χ0v) is 14.0. The van der Waals surface area contributed by atoms with E-state index in [1.165, 1.54) is 42.5 Å². The van der Waals surface area contributed by atoms with Gasteiger partial charge in [-0.25, -0.2) is 0 Å². The van der Waals surface area contributed by atoms with Gasteiger partial charge in [0.05, 0.1) is 0 Å². The summed E-state index contributed by atoms with van der Waals surface area (Å²) in [4.78, 5) is 6.12. The van der Waals surface area contributed by atoms with Crippen molar-refractivity contribution in [3.63, 3.8) is 0 Å². The Hall–Kier alpha value is -0.840. The molecule has 2 N–H and O–H groups in total. The van der Waals surface area contributed by atoms with Gasteiger partial charge in [-0.1, -0.05) is 22.9 Å². The lowest BCUT2D eigenvalue weighted by molar-refractivity contribution is 0.211. The number of likely N-dealkylation sites (tertiary alicyclic amines) is 1. The van der Waals surface area contributed by atoms with Crippen LogP contribution in [0.25, 0.3) is 10.9 Å². The van der Waals surface area contributed by atoms with Gasteiger partial charge in [-0.15, -0.1) is 0 Å². The van der Waals surface area contributed by atoms with Crippen molar-refractivity contribution in [3.8, 4) is 0 Å². The zero-order valence-electron chi connectivity index (χ0n) is 12.4. The van der Waals surface area contributed by atoms with E-state index in [2.05, 4.69) is 62.5 Å². The Bertz CT molecular complexity index is 651. The molecule has 3 unspecified atom stereocenters. The van der Waals surface area contributed by atoms with E-state index in [4.69, 9.17) is 0 Å². The van der Waals surface area contributed by atoms with Gasteiger partial charge in [-0.3, -0.25) is 4.90 Å². The van der Waals surface area contributed by atoms with Crippen molar-refractivity contribution >= 4 is 26.8 Å². The summed E-state index contributed by atoms with van der Waals surface area (Å²) in [5.41, 5.74) is 2.67. The minimum atomic E-state index is 0.738. The number of aromatic nitrogens is 1. The fourth-order valence-corrected chi connectivity index (χ4v) is 4.72. The molecule has 0 bridgehead atoms. The lowest BCUT2D eigenvalue weighted by Gasteiger charge is -2.26. The van der Waals surface area contributed by atoms with Gasteiger partial charge in [0, 0.05) is 40.7 Å². The first-order valence-electron chi connectivity index (χ1n) is 7.96. The molecule has 0 saturated carbocycles. The highest BCUT2D eigenvalue weighted by atomic mass is 79.9. The van der Waals surface area contributed by atoms with Crippen LogP contribution < -0.4 is 5.32 Å². The van der Waals surface area contributed by atoms with Gasteiger partial charge in [0.15, 0.2) is 0 Å². The van der Waals surface area contributed by atoms with Crippen molar-refractivity contribution in [1.29, 1.82) is 0 Å². The van der Waals surface area contributed by atoms with E-state index in [0.29, 0.717) is 0 Å². The summed E-state index contributed by atoms with van der Waals surface area (Å²) < 4.78 is 1.16. The third-order valence-corrected chi connectivity index (χ3v) is 5.84. The molecule has 2 aliphatic heterocycles. The molecule has 3 nitrogen and oxygen atoms in total. The van der Waals surface area contributed by atoms with Crippen LogP contribution in [-0.4, -0.2) is 35.6 Å². The molecule has 1 aromatic heterocycles. The summed E-state index contributed by atoms with van der Waals surface area (Å²) in [7, 11) is 0. The first-order valence-corrected chi connectivity index (χ1v) is 8.76. The highest BCUT2D eigenvalue weighted by molar-refractivity contribution is 9.10. The molecule has 2 aliphatic rings. The lowest BCUT2D eigenvalue weighted by Crippen LogP contribution is -2.34. The van der Waals surface area contributed by atoms with Crippen molar-refractivity contribution in [2.45, 2.75) is 25.9 Å². The highest BCUT2D eigenvalue weighted by Crippen LogP contribution is 2.36. The monoisotopic (exact) mass is 347 g/mol. The third-order valence-electron chi connectivity index (χ3n) is 5.35. The normalized spacial score (nSPS) is 29.3. The minimum absolute atomic E-state index is 0.738. The summed E-state index contributed by atoms with van der Waals surface area (Å²) in [6, 6.07) is 7.23. The first-order chi connectivity index (χ1) is 10.3. The van der Waals surface area contributed by atoms with Gasteiger partial charge in [0.1, 0.15) is 0 Å². The van der Waals surface area contributed by atoms with Crippen LogP contribution in [0.2, 0.25) is 0 Å². The Morgan fingerprint density at radius 1 is 1.33 bits per heavy atom. The smallest absolute Gasteiger partial charge is 0.0458 e. The average Bonchev–Trinajstić information content (AvgIpc) is 3.14. The number of nitrogens with zero attached hydrogens (tertiary/aromatic N) is 1. The van der Waals surface area contributed by atoms with Crippen LogP contribution >= 0.6 is 15.9 Å². The van der Waals surface area contributed by atoms with Crippen LogP contribution in [-0.2, 0) is 6.54 Å². The molecule has 2 saturated heterocycles. The maximum absolute atomic E-state index is 3.59. The second-order valence-electron chi connectivity index (χ2n) is 6.49. The number of fused-ring (bicyclic) bond motifs is 2. The maximum atomic E-state index is 3.59. The molecule has 3 atom stereocenters. The van der Waals surface area contributed by atoms with Crippen molar-refractivity contribution < 1.29 is 0 Å². The zero-order chi connectivity index (χ0) is 14.4. The Balaban J connectivity index is 1.61. The van der Waals surface area contributed by atoms with Crippen molar-refractivity contribution in [3.05, 3.63) is 34.4 Å². The van der Waals surface area contributed by atoms with Crippen LogP contribution in [0.3, 0.4) is 0 Å². The van der Waals surface area contributed by atoms with E-state index in [9.17, 15) is 0 Å². The predicted octanol–water partition coefficient (Wildman–Crippen LogP) is 3.36. The molecule has 0 amide bonds. The molecule has 2 fully saturated rings. The second kappa shape index (κ2) is 5.41. The summed E-state index contributed by atoms with van der Waals surface area (Å²) in [5, 5.41) is 4.92. The van der Waals surface area contributed by atoms with Crippen LogP contribution in [0.4, 0.5) is 0 Å². The van der Waals surface area contributed by atoms with Gasteiger partial charge >= 0.3 is 0 Å². The van der Waals surface area contributed by atoms with Gasteiger partial charge in [-0.05, 0) is 55.1 Å². The van der Waals surface area contributed by atoms with Crippen LogP contribution in [0.5, 0.6) is 0 Å². The Morgan fingerprint density at radius 2 is 2.24 bits per heavy atom. The van der Waals surface area contributed by atoms with Gasteiger partial charge in [0.25, 0.3) is 0 Å². The third kappa shape index (κ3) is 2.33. The molecule has 4 heteroatoms. The molecular weight excluding hydrogens is 326 g/mol. The quantitative estimate of drug-likeness (QED) is 0.891. The molecule has 0 radical (unpaired) electrons. The molecule has 0 aliphatic carbocycles. The maximum Gasteiger partial charge on any atom is 0.0458 e. The molecular formula is C17H22BrN3. The van der Waals surface area contributed by atoms with E-state index in [0.717, 1.165) is 28.9 Å². The fourth-order valence-electron chi connectivity index (χ4n) is 4.35. The molecule has 1 aromatic carbocycles. The lowest BCUT2D eigenvalue weighted by atomic mass is 9.93. The topological polar surface area (TPSA) is 31.1 Å². The Morgan fingerprint density at radius 3 is 3.10 bits per heavy atom. The van der Waals surface area contributed by atoms with E-state index >= 15 is 0 Å². The molecule has 112 valence electrons. The average molecular weight is 348 g/mol. The number of aromatic amines is 1. The molecule has 3 heterocycles. The molecule has 4 rings (SSSR count). The number of nitrogens with one attached hydrogen (secondary N) is 2. The van der Waals surface area contributed by atoms with E-state index in [-0.39, 0.29) is 0 Å². The highest BCUT2D eigenvalue weighted by Gasteiger charge is 2.42. The van der Waals surface area contributed by atoms with Gasteiger partial charge in [0.2, 0.25) is 0 Å². The number of hydrogen-bond donors (Lipinski definition) is 2. The van der Waals surface area contributed by atoms with Crippen molar-refractivity contribution in [2.24, 2.45) is 11.8 Å². The van der Waals surface area contributed by atoms with Gasteiger partial charge < -0.3 is 10.3 Å². The SMILES string of the molecule is CCC1C2CNCC2CN1Cc1c[nH]c2ccc(Br)cc12. The number of halogens is 1. The summed E-state index contributed by atoms with van der Waals surface area (Å²) in [5.74, 6) is 1.71. The molecule has 0 spiro atoms. The van der Waals surface area contributed by atoms with E-state index in [1.807, 2.05) is 0 Å². The first kappa shape index (κ1) is 13.8. The van der Waals surface area contributed by atoms with Crippen molar-refractivity contribution in [2.75, 3.05) is 19.6 Å². The fraction of sp³-hybridized carbons (Fsp3) is 0.529. The number of benzene rings is 1. The van der Waals surface area contributed by atoms with Crippen LogP contribution in [0, 0.1) is 11.8 Å². The molecule has 21 heavy (non-hydrogen) atoms. The number of rotatable bonds is 3. The van der Waals surface area contributed by atoms with Crippen LogP contribution in [0.1, 0.15) is 18.9 Å². The summed E-state index contributed by atoms with van der Waals surface area (Å²) >= 11 is 3.59. The Kier molecular flexibility index (Phi) is 3.56. The van der Waals surface area contributed by atoms with Crippen molar-refractivity contribution in [1.82, 2.24) is 15.2 Å². The Labute approximate surface area is 134 Å².